The molecule has 0 radical (unpaired) electrons. The minimum Gasteiger partial charge on any atom is -0.352 e. The fourth-order valence-corrected chi connectivity index (χ4v) is 3.08. The Balaban J connectivity index is 1.72. The molecular weight excluding hydrogens is 348 g/mol. The zero-order chi connectivity index (χ0) is 20.2. The van der Waals surface area contributed by atoms with Crippen LogP contribution in [-0.2, 0) is 0 Å². The monoisotopic (exact) mass is 380 g/mol. The number of hydrogen-bond acceptors (Lipinski definition) is 2. The van der Waals surface area contributed by atoms with Gasteiger partial charge in [0.2, 0.25) is 0 Å². The Kier molecular flexibility index (Phi) is 9.26. The number of anilines is 1. The first-order valence-corrected chi connectivity index (χ1v) is 10.4. The van der Waals surface area contributed by atoms with Crippen LogP contribution in [-0.4, -0.2) is 18.4 Å². The third-order valence-electron chi connectivity index (χ3n) is 4.75. The van der Waals surface area contributed by atoms with E-state index in [-0.39, 0.29) is 11.8 Å². The summed E-state index contributed by atoms with van der Waals surface area (Å²) in [5.74, 6) is -0.220. The van der Waals surface area contributed by atoms with Crippen molar-refractivity contribution in [3.05, 3.63) is 65.2 Å². The maximum absolute atomic E-state index is 12.3. The fraction of sp³-hybridized carbons (Fsp3) is 0.417. The molecule has 0 aromatic heterocycles. The number of carbonyl (C=O) groups is 2. The van der Waals surface area contributed by atoms with Gasteiger partial charge in [0.15, 0.2) is 0 Å². The van der Waals surface area contributed by atoms with Crippen molar-refractivity contribution in [2.75, 3.05) is 11.9 Å². The van der Waals surface area contributed by atoms with Crippen LogP contribution in [0.3, 0.4) is 0 Å². The van der Waals surface area contributed by atoms with E-state index in [1.807, 2.05) is 25.1 Å². The van der Waals surface area contributed by atoms with Gasteiger partial charge in [0, 0.05) is 23.4 Å². The number of hydrogen-bond donors (Lipinski definition) is 2. The molecule has 4 heteroatoms. The number of aryl methyl sites for hydroxylation is 1. The Labute approximate surface area is 168 Å². The van der Waals surface area contributed by atoms with E-state index in [0.717, 1.165) is 18.4 Å². The Hall–Kier alpha value is -2.62. The van der Waals surface area contributed by atoms with E-state index in [9.17, 15) is 9.59 Å². The van der Waals surface area contributed by atoms with Crippen LogP contribution in [0, 0.1) is 6.92 Å². The number of benzene rings is 2. The SMILES string of the molecule is CCCCCCCCCNC(=O)c1ccc(NC(=O)c2cccc(C)c2)cc1. The fourth-order valence-electron chi connectivity index (χ4n) is 3.08. The van der Waals surface area contributed by atoms with Crippen LogP contribution in [0.15, 0.2) is 48.5 Å². The first kappa shape index (κ1) is 21.7. The molecule has 0 heterocycles. The Bertz CT molecular complexity index is 753. The van der Waals surface area contributed by atoms with Crippen LogP contribution in [0.2, 0.25) is 0 Å². The first-order valence-electron chi connectivity index (χ1n) is 10.4. The van der Waals surface area contributed by atoms with Gasteiger partial charge in [-0.2, -0.15) is 0 Å². The summed E-state index contributed by atoms with van der Waals surface area (Å²) in [5.41, 5.74) is 2.95. The quantitative estimate of drug-likeness (QED) is 0.489. The summed E-state index contributed by atoms with van der Waals surface area (Å²) >= 11 is 0. The van der Waals surface area contributed by atoms with Crippen molar-refractivity contribution in [2.24, 2.45) is 0 Å². The van der Waals surface area contributed by atoms with Gasteiger partial charge in [-0.15, -0.1) is 0 Å². The minimum atomic E-state index is -0.153. The summed E-state index contributed by atoms with van der Waals surface area (Å²) in [6.07, 6.45) is 8.61. The molecule has 2 N–H and O–H groups in total. The zero-order valence-electron chi connectivity index (χ0n) is 17.1. The van der Waals surface area contributed by atoms with E-state index in [2.05, 4.69) is 17.6 Å². The highest BCUT2D eigenvalue weighted by Crippen LogP contribution is 2.13. The van der Waals surface area contributed by atoms with E-state index in [1.54, 1.807) is 30.3 Å². The topological polar surface area (TPSA) is 58.2 Å². The molecule has 2 rings (SSSR count). The van der Waals surface area contributed by atoms with Gasteiger partial charge < -0.3 is 10.6 Å². The van der Waals surface area contributed by atoms with Crippen molar-refractivity contribution in [3.63, 3.8) is 0 Å². The third-order valence-corrected chi connectivity index (χ3v) is 4.75. The van der Waals surface area contributed by atoms with Crippen molar-refractivity contribution in [3.8, 4) is 0 Å². The predicted molar refractivity (Wildman–Crippen MR) is 116 cm³/mol. The second-order valence-corrected chi connectivity index (χ2v) is 7.28. The molecule has 4 nitrogen and oxygen atoms in total. The molecule has 0 aliphatic heterocycles. The summed E-state index contributed by atoms with van der Waals surface area (Å²) < 4.78 is 0. The molecule has 0 bridgehead atoms. The third kappa shape index (κ3) is 7.55. The van der Waals surface area contributed by atoms with Crippen LogP contribution in [0.1, 0.15) is 78.1 Å². The predicted octanol–water partition coefficient (Wildman–Crippen LogP) is 5.73. The maximum atomic E-state index is 12.3. The van der Waals surface area contributed by atoms with Crippen LogP contribution >= 0.6 is 0 Å². The van der Waals surface area contributed by atoms with Gasteiger partial charge in [-0.25, -0.2) is 0 Å². The molecule has 0 unspecified atom stereocenters. The van der Waals surface area contributed by atoms with Crippen LogP contribution < -0.4 is 10.6 Å². The highest BCUT2D eigenvalue weighted by Gasteiger charge is 2.08. The molecule has 0 aliphatic rings. The summed E-state index contributed by atoms with van der Waals surface area (Å²) in [7, 11) is 0. The second-order valence-electron chi connectivity index (χ2n) is 7.28. The average Bonchev–Trinajstić information content (AvgIpc) is 2.70. The molecule has 28 heavy (non-hydrogen) atoms. The molecular formula is C24H32N2O2. The lowest BCUT2D eigenvalue weighted by Crippen LogP contribution is -2.24. The van der Waals surface area contributed by atoms with E-state index >= 15 is 0 Å². The second kappa shape index (κ2) is 12.0. The first-order chi connectivity index (χ1) is 13.6. The Morgan fingerprint density at radius 1 is 0.786 bits per heavy atom. The number of nitrogens with one attached hydrogen (secondary N) is 2. The van der Waals surface area contributed by atoms with Gasteiger partial charge in [0.25, 0.3) is 11.8 Å². The minimum absolute atomic E-state index is 0.0671. The molecule has 0 saturated heterocycles. The smallest absolute Gasteiger partial charge is 0.255 e. The highest BCUT2D eigenvalue weighted by atomic mass is 16.2. The molecule has 2 amide bonds. The standard InChI is InChI=1S/C24H32N2O2/c1-3-4-5-6-7-8-9-17-25-23(27)20-13-15-22(16-14-20)26-24(28)21-12-10-11-19(2)18-21/h10-16,18H,3-9,17H2,1-2H3,(H,25,27)(H,26,28). The Morgan fingerprint density at radius 2 is 1.46 bits per heavy atom. The van der Waals surface area contributed by atoms with Crippen molar-refractivity contribution in [2.45, 2.75) is 58.8 Å². The lowest BCUT2D eigenvalue weighted by Gasteiger charge is -2.08. The zero-order valence-corrected chi connectivity index (χ0v) is 17.1. The molecule has 0 saturated carbocycles. The van der Waals surface area contributed by atoms with Crippen LogP contribution in [0.4, 0.5) is 5.69 Å². The average molecular weight is 381 g/mol. The number of unbranched alkanes of at least 4 members (excludes halogenated alkanes) is 6. The maximum Gasteiger partial charge on any atom is 0.255 e. The van der Waals surface area contributed by atoms with E-state index in [1.165, 1.54) is 32.1 Å². The molecule has 0 aliphatic carbocycles. The van der Waals surface area contributed by atoms with Gasteiger partial charge in [-0.1, -0.05) is 63.1 Å². The van der Waals surface area contributed by atoms with Gasteiger partial charge >= 0.3 is 0 Å². The molecule has 0 spiro atoms. The summed E-state index contributed by atoms with van der Waals surface area (Å²) in [5, 5.41) is 5.83. The van der Waals surface area contributed by atoms with Crippen LogP contribution in [0.25, 0.3) is 0 Å². The summed E-state index contributed by atoms with van der Waals surface area (Å²) in [6.45, 7) is 4.88. The summed E-state index contributed by atoms with van der Waals surface area (Å²) in [4.78, 5) is 24.5. The van der Waals surface area contributed by atoms with E-state index in [4.69, 9.17) is 0 Å². The molecule has 2 aromatic rings. The van der Waals surface area contributed by atoms with Crippen molar-refractivity contribution < 1.29 is 9.59 Å². The normalized spacial score (nSPS) is 10.5. The number of amides is 2. The Morgan fingerprint density at radius 3 is 2.14 bits per heavy atom. The molecule has 0 atom stereocenters. The molecule has 150 valence electrons. The number of rotatable bonds is 11. The van der Waals surface area contributed by atoms with E-state index < -0.39 is 0 Å². The number of carbonyl (C=O) groups excluding carboxylic acids is 2. The highest BCUT2D eigenvalue weighted by molar-refractivity contribution is 6.04. The van der Waals surface area contributed by atoms with Gasteiger partial charge in [-0.3, -0.25) is 9.59 Å². The van der Waals surface area contributed by atoms with Crippen molar-refractivity contribution >= 4 is 17.5 Å². The lowest BCUT2D eigenvalue weighted by molar-refractivity contribution is 0.0952. The van der Waals surface area contributed by atoms with Crippen LogP contribution in [0.5, 0.6) is 0 Å². The van der Waals surface area contributed by atoms with Gasteiger partial charge in [0.05, 0.1) is 0 Å². The van der Waals surface area contributed by atoms with E-state index in [0.29, 0.717) is 23.4 Å². The summed E-state index contributed by atoms with van der Waals surface area (Å²) in [6, 6.07) is 14.5. The largest absolute Gasteiger partial charge is 0.352 e. The molecule has 2 aromatic carbocycles. The van der Waals surface area contributed by atoms with Crippen molar-refractivity contribution in [1.29, 1.82) is 0 Å². The van der Waals surface area contributed by atoms with Gasteiger partial charge in [-0.05, 0) is 49.7 Å². The van der Waals surface area contributed by atoms with Crippen molar-refractivity contribution in [1.82, 2.24) is 5.32 Å². The molecule has 0 fully saturated rings. The van der Waals surface area contributed by atoms with Gasteiger partial charge in [0.1, 0.15) is 0 Å². The lowest BCUT2D eigenvalue weighted by atomic mass is 10.1.